The van der Waals surface area contributed by atoms with Crippen molar-refractivity contribution in [1.82, 2.24) is 0 Å². The van der Waals surface area contributed by atoms with E-state index in [1.165, 1.54) is 5.56 Å². The third-order valence-electron chi connectivity index (χ3n) is 6.91. The Morgan fingerprint density at radius 1 is 1.03 bits per heavy atom. The predicted octanol–water partition coefficient (Wildman–Crippen LogP) is 6.33. The van der Waals surface area contributed by atoms with Crippen LogP contribution in [0.5, 0.6) is 5.75 Å². The van der Waals surface area contributed by atoms with E-state index in [1.807, 2.05) is 63.2 Å². The van der Waals surface area contributed by atoms with Crippen LogP contribution in [0.2, 0.25) is 0 Å². The van der Waals surface area contributed by atoms with Crippen molar-refractivity contribution >= 4 is 21.4 Å². The van der Waals surface area contributed by atoms with Crippen LogP contribution in [0.25, 0.3) is 0 Å². The van der Waals surface area contributed by atoms with Gasteiger partial charge in [0.15, 0.2) is 0 Å². The maximum Gasteiger partial charge on any atom is 0.261 e. The normalized spacial score (nSPS) is 20.9. The first kappa shape index (κ1) is 22.5. The monoisotopic (exact) mass is 474 g/mol. The molecule has 6 heteroatoms. The van der Waals surface area contributed by atoms with E-state index in [9.17, 15) is 8.42 Å². The fourth-order valence-electron chi connectivity index (χ4n) is 5.18. The van der Waals surface area contributed by atoms with E-state index in [0.717, 1.165) is 34.5 Å². The number of hydrogen-bond donors (Lipinski definition) is 2. The van der Waals surface area contributed by atoms with Crippen molar-refractivity contribution in [2.24, 2.45) is 5.92 Å². The lowest BCUT2D eigenvalue weighted by Gasteiger charge is -2.37. The van der Waals surface area contributed by atoms with Crippen molar-refractivity contribution in [1.29, 1.82) is 0 Å². The van der Waals surface area contributed by atoms with Crippen molar-refractivity contribution in [3.05, 3.63) is 95.1 Å². The van der Waals surface area contributed by atoms with Gasteiger partial charge >= 0.3 is 0 Å². The Bertz CT molecular complexity index is 1330. The van der Waals surface area contributed by atoms with Gasteiger partial charge in [-0.25, -0.2) is 8.42 Å². The summed E-state index contributed by atoms with van der Waals surface area (Å²) >= 11 is 0. The highest BCUT2D eigenvalue weighted by atomic mass is 32.2. The van der Waals surface area contributed by atoms with E-state index in [-0.39, 0.29) is 16.9 Å². The van der Waals surface area contributed by atoms with Gasteiger partial charge < -0.3 is 10.1 Å². The van der Waals surface area contributed by atoms with Gasteiger partial charge in [-0.15, -0.1) is 0 Å². The fourth-order valence-corrected chi connectivity index (χ4v) is 6.41. The lowest BCUT2D eigenvalue weighted by atomic mass is 9.77. The molecular formula is C28H30N2O3S. The summed E-state index contributed by atoms with van der Waals surface area (Å²) in [6.07, 6.45) is 5.39. The number of aryl methyl sites for hydroxylation is 2. The van der Waals surface area contributed by atoms with Crippen LogP contribution < -0.4 is 14.8 Å². The molecule has 1 aliphatic heterocycles. The molecule has 0 bridgehead atoms. The zero-order chi connectivity index (χ0) is 23.9. The second-order valence-electron chi connectivity index (χ2n) is 9.10. The minimum absolute atomic E-state index is 0.151. The molecule has 0 amide bonds. The third kappa shape index (κ3) is 4.07. The molecule has 2 aliphatic rings. The number of fused-ring (bicyclic) bond motifs is 3. The largest absolute Gasteiger partial charge is 0.494 e. The molecule has 0 aromatic heterocycles. The molecule has 1 aliphatic carbocycles. The zero-order valence-electron chi connectivity index (χ0n) is 19.7. The molecule has 3 unspecified atom stereocenters. The first-order valence-corrected chi connectivity index (χ1v) is 13.2. The van der Waals surface area contributed by atoms with Crippen LogP contribution >= 0.6 is 0 Å². The fraction of sp³-hybridized carbons (Fsp3) is 0.286. The SMILES string of the molecule is CCOc1ccc(C2Nc3ccc(S(=O)(=O)Nc4c(C)cccc4C)cc3C3C=CCC32)cc1. The third-order valence-corrected chi connectivity index (χ3v) is 8.26. The molecule has 3 aromatic rings. The minimum Gasteiger partial charge on any atom is -0.494 e. The second-order valence-corrected chi connectivity index (χ2v) is 10.8. The number of hydrogen-bond acceptors (Lipinski definition) is 4. The number of nitrogens with one attached hydrogen (secondary N) is 2. The highest BCUT2D eigenvalue weighted by molar-refractivity contribution is 7.92. The summed E-state index contributed by atoms with van der Waals surface area (Å²) < 4.78 is 35.0. The molecular weight excluding hydrogens is 444 g/mol. The van der Waals surface area contributed by atoms with Gasteiger partial charge in [-0.05, 0) is 85.7 Å². The summed E-state index contributed by atoms with van der Waals surface area (Å²) in [4.78, 5) is 0.286. The van der Waals surface area contributed by atoms with Crippen LogP contribution in [0, 0.1) is 19.8 Å². The minimum atomic E-state index is -3.71. The summed E-state index contributed by atoms with van der Waals surface area (Å²) in [7, 11) is -3.71. The Hall–Kier alpha value is -3.25. The van der Waals surface area contributed by atoms with Gasteiger partial charge in [0, 0.05) is 11.6 Å². The standard InChI is InChI=1S/C28H30N2O3S/c1-4-33-21-13-11-20(12-14-21)28-24-10-6-9-23(24)25-17-22(15-16-26(25)29-28)34(31,32)30-27-18(2)7-5-8-19(27)3/h5-9,11-17,23-24,28-30H,4,10H2,1-3H3. The number of rotatable bonds is 6. The molecule has 0 saturated heterocycles. The van der Waals surface area contributed by atoms with Gasteiger partial charge in [0.05, 0.1) is 23.2 Å². The summed E-state index contributed by atoms with van der Waals surface area (Å²) in [5.74, 6) is 1.37. The van der Waals surface area contributed by atoms with Gasteiger partial charge in [0.1, 0.15) is 5.75 Å². The molecule has 176 valence electrons. The molecule has 2 N–H and O–H groups in total. The molecule has 5 rings (SSSR count). The molecule has 3 atom stereocenters. The summed E-state index contributed by atoms with van der Waals surface area (Å²) in [5, 5.41) is 3.69. The highest BCUT2D eigenvalue weighted by Gasteiger charge is 2.38. The Morgan fingerprint density at radius 3 is 2.47 bits per heavy atom. The molecule has 34 heavy (non-hydrogen) atoms. The Labute approximate surface area is 201 Å². The van der Waals surface area contributed by atoms with Crippen molar-refractivity contribution in [2.75, 3.05) is 16.6 Å². The van der Waals surface area contributed by atoms with E-state index in [2.05, 4.69) is 34.3 Å². The van der Waals surface area contributed by atoms with Crippen LogP contribution in [0.4, 0.5) is 11.4 Å². The number of anilines is 2. The molecule has 5 nitrogen and oxygen atoms in total. The highest BCUT2D eigenvalue weighted by Crippen LogP contribution is 2.50. The Kier molecular flexibility index (Phi) is 5.86. The van der Waals surface area contributed by atoms with Crippen LogP contribution in [0.3, 0.4) is 0 Å². The average Bonchev–Trinajstić information content (AvgIpc) is 3.32. The van der Waals surface area contributed by atoms with Crippen LogP contribution in [-0.4, -0.2) is 15.0 Å². The number of benzene rings is 3. The topological polar surface area (TPSA) is 67.4 Å². The molecule has 1 heterocycles. The maximum absolute atomic E-state index is 13.3. The van der Waals surface area contributed by atoms with Crippen LogP contribution in [0.15, 0.2) is 77.7 Å². The molecule has 0 spiro atoms. The van der Waals surface area contributed by atoms with E-state index >= 15 is 0 Å². The van der Waals surface area contributed by atoms with Gasteiger partial charge in [-0.3, -0.25) is 4.72 Å². The number of sulfonamides is 1. The van der Waals surface area contributed by atoms with Gasteiger partial charge in [-0.2, -0.15) is 0 Å². The number of allylic oxidation sites excluding steroid dienone is 2. The smallest absolute Gasteiger partial charge is 0.261 e. The van der Waals surface area contributed by atoms with Crippen molar-refractivity contribution in [3.8, 4) is 5.75 Å². The van der Waals surface area contributed by atoms with E-state index in [1.54, 1.807) is 6.07 Å². The summed E-state index contributed by atoms with van der Waals surface area (Å²) in [5.41, 5.74) is 5.68. The van der Waals surface area contributed by atoms with Crippen LogP contribution in [0.1, 0.15) is 47.6 Å². The first-order chi connectivity index (χ1) is 16.4. The average molecular weight is 475 g/mol. The van der Waals surface area contributed by atoms with E-state index in [4.69, 9.17) is 4.74 Å². The second kappa shape index (κ2) is 8.84. The quantitative estimate of drug-likeness (QED) is 0.410. The first-order valence-electron chi connectivity index (χ1n) is 11.8. The molecule has 0 saturated carbocycles. The molecule has 0 fully saturated rings. The number of ether oxygens (including phenoxy) is 1. The van der Waals surface area contributed by atoms with Crippen LogP contribution in [-0.2, 0) is 10.0 Å². The Balaban J connectivity index is 1.46. The molecule has 0 radical (unpaired) electrons. The van der Waals surface area contributed by atoms with Gasteiger partial charge in [-0.1, -0.05) is 42.5 Å². The number of para-hydroxylation sites is 1. The zero-order valence-corrected chi connectivity index (χ0v) is 20.5. The molecule has 3 aromatic carbocycles. The Morgan fingerprint density at radius 2 is 1.76 bits per heavy atom. The maximum atomic E-state index is 13.3. The van der Waals surface area contributed by atoms with E-state index < -0.39 is 10.0 Å². The van der Waals surface area contributed by atoms with Crippen molar-refractivity contribution in [3.63, 3.8) is 0 Å². The van der Waals surface area contributed by atoms with E-state index in [0.29, 0.717) is 18.2 Å². The predicted molar refractivity (Wildman–Crippen MR) is 137 cm³/mol. The van der Waals surface area contributed by atoms with Crippen molar-refractivity contribution < 1.29 is 13.2 Å². The summed E-state index contributed by atoms with van der Waals surface area (Å²) in [6, 6.07) is 19.6. The summed E-state index contributed by atoms with van der Waals surface area (Å²) in [6.45, 7) is 6.45. The lowest BCUT2D eigenvalue weighted by Crippen LogP contribution is -2.29. The van der Waals surface area contributed by atoms with Gasteiger partial charge in [0.2, 0.25) is 0 Å². The van der Waals surface area contributed by atoms with Gasteiger partial charge in [0.25, 0.3) is 10.0 Å². The lowest BCUT2D eigenvalue weighted by molar-refractivity contribution is 0.340. The van der Waals surface area contributed by atoms with Crippen molar-refractivity contribution in [2.45, 2.75) is 44.0 Å².